The molecule has 0 aliphatic carbocycles. The van der Waals surface area contributed by atoms with Crippen LogP contribution >= 0.6 is 11.3 Å². The molecule has 84 valence electrons. The Morgan fingerprint density at radius 1 is 1.67 bits per heavy atom. The summed E-state index contributed by atoms with van der Waals surface area (Å²) in [4.78, 5) is 15.2. The van der Waals surface area contributed by atoms with Crippen LogP contribution in [0.1, 0.15) is 43.0 Å². The molecule has 0 fully saturated rings. The summed E-state index contributed by atoms with van der Waals surface area (Å²) in [6, 6.07) is 0. The van der Waals surface area contributed by atoms with Gasteiger partial charge >= 0.3 is 5.97 Å². The van der Waals surface area contributed by atoms with E-state index >= 15 is 0 Å². The van der Waals surface area contributed by atoms with E-state index in [2.05, 4.69) is 9.72 Å². The number of carbonyl (C=O) groups is 1. The zero-order valence-corrected chi connectivity index (χ0v) is 9.87. The van der Waals surface area contributed by atoms with E-state index in [0.29, 0.717) is 11.6 Å². The minimum Gasteiger partial charge on any atom is -0.469 e. The fraction of sp³-hybridized carbons (Fsp3) is 0.600. The Labute approximate surface area is 92.9 Å². The highest BCUT2D eigenvalue weighted by atomic mass is 32.1. The van der Waals surface area contributed by atoms with Gasteiger partial charge in [-0.05, 0) is 0 Å². The average molecular weight is 229 g/mol. The van der Waals surface area contributed by atoms with Gasteiger partial charge in [-0.2, -0.15) is 0 Å². The molecule has 0 saturated carbocycles. The van der Waals surface area contributed by atoms with E-state index in [1.165, 1.54) is 18.4 Å². The van der Waals surface area contributed by atoms with Crippen molar-refractivity contribution < 1.29 is 14.6 Å². The molecule has 0 bridgehead atoms. The molecule has 1 atom stereocenters. The summed E-state index contributed by atoms with van der Waals surface area (Å²) in [7, 11) is 1.30. The zero-order chi connectivity index (χ0) is 11.4. The largest absolute Gasteiger partial charge is 0.469 e. The van der Waals surface area contributed by atoms with Gasteiger partial charge in [0, 0.05) is 11.3 Å². The second-order valence-corrected chi connectivity index (χ2v) is 4.45. The first kappa shape index (κ1) is 12.1. The summed E-state index contributed by atoms with van der Waals surface area (Å²) in [5, 5.41) is 12.4. The van der Waals surface area contributed by atoms with Crippen molar-refractivity contribution in [3.05, 3.63) is 16.1 Å². The summed E-state index contributed by atoms with van der Waals surface area (Å²) in [6.45, 7) is 4.07. The Bertz CT molecular complexity index is 335. The molecule has 1 N–H and O–H groups in total. The number of aliphatic hydroxyl groups is 1. The van der Waals surface area contributed by atoms with E-state index in [0.717, 1.165) is 5.01 Å². The monoisotopic (exact) mass is 229 g/mol. The smallest absolute Gasteiger partial charge is 0.308 e. The third-order valence-electron chi connectivity index (χ3n) is 1.96. The molecule has 0 saturated heterocycles. The van der Waals surface area contributed by atoms with Crippen molar-refractivity contribution in [2.75, 3.05) is 7.11 Å². The molecule has 1 unspecified atom stereocenters. The fourth-order valence-electron chi connectivity index (χ4n) is 1.06. The molecule has 1 heterocycles. The molecule has 0 aromatic carbocycles. The molecule has 1 aromatic rings. The van der Waals surface area contributed by atoms with Crippen molar-refractivity contribution in [2.45, 2.75) is 32.3 Å². The van der Waals surface area contributed by atoms with Gasteiger partial charge in [0.05, 0.1) is 24.2 Å². The van der Waals surface area contributed by atoms with Crippen LogP contribution in [0.2, 0.25) is 0 Å². The number of rotatable bonds is 4. The highest BCUT2D eigenvalue weighted by molar-refractivity contribution is 7.09. The topological polar surface area (TPSA) is 59.4 Å². The van der Waals surface area contributed by atoms with E-state index in [9.17, 15) is 9.90 Å². The number of aromatic nitrogens is 1. The summed E-state index contributed by atoms with van der Waals surface area (Å²) in [6.07, 6.45) is -0.904. The van der Waals surface area contributed by atoms with Gasteiger partial charge in [-0.25, -0.2) is 4.98 Å². The van der Waals surface area contributed by atoms with Gasteiger partial charge in [0.25, 0.3) is 0 Å². The quantitative estimate of drug-likeness (QED) is 0.801. The zero-order valence-electron chi connectivity index (χ0n) is 9.06. The molecule has 5 heteroatoms. The molecule has 0 aliphatic heterocycles. The van der Waals surface area contributed by atoms with Crippen LogP contribution in [0.15, 0.2) is 5.38 Å². The van der Waals surface area contributed by atoms with Crippen molar-refractivity contribution >= 4 is 17.3 Å². The van der Waals surface area contributed by atoms with Gasteiger partial charge in [-0.15, -0.1) is 11.3 Å². The lowest BCUT2D eigenvalue weighted by Crippen LogP contribution is -2.08. The number of carbonyl (C=O) groups excluding carboxylic acids is 1. The summed E-state index contributed by atoms with van der Waals surface area (Å²) in [5.74, 6) is -0.0873. The van der Waals surface area contributed by atoms with E-state index in [-0.39, 0.29) is 6.42 Å². The lowest BCUT2D eigenvalue weighted by molar-refractivity contribution is -0.142. The number of thiazole rings is 1. The minimum absolute atomic E-state index is 0.0439. The first-order chi connectivity index (χ1) is 7.04. The van der Waals surface area contributed by atoms with Gasteiger partial charge in [-0.1, -0.05) is 13.8 Å². The maximum absolute atomic E-state index is 10.9. The Hall–Kier alpha value is -0.940. The summed E-state index contributed by atoms with van der Waals surface area (Å²) < 4.78 is 4.47. The minimum atomic E-state index is -0.860. The first-order valence-electron chi connectivity index (χ1n) is 4.74. The van der Waals surface area contributed by atoms with Gasteiger partial charge in [0.2, 0.25) is 0 Å². The molecule has 0 aliphatic rings. The molecule has 4 nitrogen and oxygen atoms in total. The Kier molecular flexibility index (Phi) is 4.23. The van der Waals surface area contributed by atoms with Crippen LogP contribution < -0.4 is 0 Å². The van der Waals surface area contributed by atoms with Crippen LogP contribution in [-0.2, 0) is 9.53 Å². The highest BCUT2D eigenvalue weighted by Crippen LogP contribution is 2.24. The van der Waals surface area contributed by atoms with Crippen molar-refractivity contribution in [1.82, 2.24) is 4.98 Å². The van der Waals surface area contributed by atoms with Gasteiger partial charge < -0.3 is 9.84 Å². The second-order valence-electron chi connectivity index (χ2n) is 3.56. The Morgan fingerprint density at radius 2 is 2.33 bits per heavy atom. The van der Waals surface area contributed by atoms with Crippen molar-refractivity contribution in [2.24, 2.45) is 0 Å². The van der Waals surface area contributed by atoms with Crippen LogP contribution in [0.3, 0.4) is 0 Å². The third kappa shape index (κ3) is 3.28. The molecule has 0 amide bonds. The first-order valence-corrected chi connectivity index (χ1v) is 5.62. The van der Waals surface area contributed by atoms with E-state index in [4.69, 9.17) is 0 Å². The van der Waals surface area contributed by atoms with E-state index in [1.54, 1.807) is 5.38 Å². The third-order valence-corrected chi connectivity index (χ3v) is 3.13. The SMILES string of the molecule is COC(=O)CC(O)c1csc(C(C)C)n1. The molecule has 0 spiro atoms. The number of nitrogens with zero attached hydrogens (tertiary/aromatic N) is 1. The van der Waals surface area contributed by atoms with E-state index < -0.39 is 12.1 Å². The van der Waals surface area contributed by atoms with Crippen molar-refractivity contribution in [3.63, 3.8) is 0 Å². The molecule has 1 rings (SSSR count). The van der Waals surface area contributed by atoms with Gasteiger partial charge in [0.1, 0.15) is 6.10 Å². The van der Waals surface area contributed by atoms with Crippen molar-refractivity contribution in [3.8, 4) is 0 Å². The number of methoxy groups -OCH3 is 1. The molecule has 1 aromatic heterocycles. The summed E-state index contributed by atoms with van der Waals surface area (Å²) >= 11 is 1.50. The highest BCUT2D eigenvalue weighted by Gasteiger charge is 2.17. The predicted octanol–water partition coefficient (Wildman–Crippen LogP) is 1.86. The lowest BCUT2D eigenvalue weighted by atomic mass is 10.2. The van der Waals surface area contributed by atoms with Crippen LogP contribution in [0, 0.1) is 0 Å². The Balaban J connectivity index is 2.65. The van der Waals surface area contributed by atoms with Crippen LogP contribution in [0.25, 0.3) is 0 Å². The lowest BCUT2D eigenvalue weighted by Gasteiger charge is -2.05. The number of hydrogen-bond acceptors (Lipinski definition) is 5. The number of hydrogen-bond donors (Lipinski definition) is 1. The molecule has 15 heavy (non-hydrogen) atoms. The normalized spacial score (nSPS) is 12.9. The van der Waals surface area contributed by atoms with E-state index in [1.807, 2.05) is 13.8 Å². The molecule has 0 radical (unpaired) electrons. The molecular weight excluding hydrogens is 214 g/mol. The fourth-order valence-corrected chi connectivity index (χ4v) is 1.95. The predicted molar refractivity (Wildman–Crippen MR) is 57.8 cm³/mol. The Morgan fingerprint density at radius 3 is 2.80 bits per heavy atom. The van der Waals surface area contributed by atoms with Crippen LogP contribution in [0.5, 0.6) is 0 Å². The number of ether oxygens (including phenoxy) is 1. The number of aliphatic hydroxyl groups excluding tert-OH is 1. The maximum atomic E-state index is 10.9. The second kappa shape index (κ2) is 5.23. The average Bonchev–Trinajstić information content (AvgIpc) is 2.66. The van der Waals surface area contributed by atoms with Crippen LogP contribution in [-0.4, -0.2) is 23.2 Å². The molecular formula is C10H15NO3S. The van der Waals surface area contributed by atoms with Crippen LogP contribution in [0.4, 0.5) is 0 Å². The van der Waals surface area contributed by atoms with Crippen molar-refractivity contribution in [1.29, 1.82) is 0 Å². The standard InChI is InChI=1S/C10H15NO3S/c1-6(2)10-11-7(5-15-10)8(12)4-9(13)14-3/h5-6,8,12H,4H2,1-3H3. The maximum Gasteiger partial charge on any atom is 0.308 e. The van der Waals surface area contributed by atoms with Gasteiger partial charge in [0.15, 0.2) is 0 Å². The van der Waals surface area contributed by atoms with Gasteiger partial charge in [-0.3, -0.25) is 4.79 Å². The summed E-state index contributed by atoms with van der Waals surface area (Å²) in [5.41, 5.74) is 0.550. The number of esters is 1.